The van der Waals surface area contributed by atoms with Crippen LogP contribution in [0.3, 0.4) is 0 Å². The first kappa shape index (κ1) is 16.8. The van der Waals surface area contributed by atoms with Crippen LogP contribution in [-0.2, 0) is 17.9 Å². The summed E-state index contributed by atoms with van der Waals surface area (Å²) in [5.41, 5.74) is 4.30. The van der Waals surface area contributed by atoms with Crippen LogP contribution >= 0.6 is 0 Å². The van der Waals surface area contributed by atoms with Crippen molar-refractivity contribution in [2.24, 2.45) is 14.1 Å². The summed E-state index contributed by atoms with van der Waals surface area (Å²) in [5.74, 6) is 0. The Hall–Kier alpha value is -2.68. The second kappa shape index (κ2) is 6.91. The van der Waals surface area contributed by atoms with Crippen molar-refractivity contribution in [3.05, 3.63) is 85.2 Å². The monoisotopic (exact) mass is 408 g/mol. The summed E-state index contributed by atoms with van der Waals surface area (Å²) < 4.78 is 19.6. The Morgan fingerprint density at radius 2 is 1.00 bits per heavy atom. The molecule has 0 aliphatic carbocycles. The Kier molecular flexibility index (Phi) is 4.46. The predicted octanol–water partition coefficient (Wildman–Crippen LogP) is 3.23. The van der Waals surface area contributed by atoms with Crippen molar-refractivity contribution in [3.63, 3.8) is 0 Å². The number of benzene rings is 2. The first-order valence-electron chi connectivity index (χ1n) is 8.50. The molecule has 2 aromatic carbocycles. The topological polar surface area (TPSA) is 26.9 Å². The molecule has 130 valence electrons. The average molecular weight is 407 g/mol. The van der Waals surface area contributed by atoms with Gasteiger partial charge < -0.3 is 0 Å². The molecule has 4 aromatic rings. The minimum atomic E-state index is -2.48. The zero-order chi connectivity index (χ0) is 18.1. The van der Waals surface area contributed by atoms with E-state index in [2.05, 4.69) is 36.4 Å². The third kappa shape index (κ3) is 2.88. The molecule has 0 N–H and O–H groups in total. The number of hydrogen-bond acceptors (Lipinski definition) is 1. The van der Waals surface area contributed by atoms with Crippen LogP contribution in [0.1, 0.15) is 0 Å². The molecule has 0 bridgehead atoms. The minimum absolute atomic E-state index is 0.912. The van der Waals surface area contributed by atoms with Crippen molar-refractivity contribution in [1.29, 1.82) is 0 Å². The van der Waals surface area contributed by atoms with E-state index < -0.39 is 13.8 Å². The second-order valence-corrected chi connectivity index (χ2v) is 9.04. The molecule has 0 radical (unpaired) electrons. The van der Waals surface area contributed by atoms with Crippen LogP contribution in [0.2, 0.25) is 0 Å². The van der Waals surface area contributed by atoms with E-state index in [1.165, 1.54) is 0 Å². The molecule has 0 unspecified atom stereocenters. The number of nitrogens with zero attached hydrogens (tertiary/aromatic N) is 2. The molecule has 0 amide bonds. The molecule has 0 saturated heterocycles. The van der Waals surface area contributed by atoms with Gasteiger partial charge in [-0.2, -0.15) is 0 Å². The molecular formula is C22H20N2OSe. The van der Waals surface area contributed by atoms with Gasteiger partial charge in [0.2, 0.25) is 0 Å². The Morgan fingerprint density at radius 3 is 1.38 bits per heavy atom. The van der Waals surface area contributed by atoms with E-state index in [0.717, 1.165) is 31.4 Å². The third-order valence-electron chi connectivity index (χ3n) is 4.55. The second-order valence-electron chi connectivity index (χ2n) is 6.29. The van der Waals surface area contributed by atoms with Crippen molar-refractivity contribution in [2.75, 3.05) is 0 Å². The van der Waals surface area contributed by atoms with Gasteiger partial charge in [-0.3, -0.25) is 0 Å². The molecule has 26 heavy (non-hydrogen) atoms. The normalized spacial score (nSPS) is 11.2. The Bertz CT molecular complexity index is 976. The van der Waals surface area contributed by atoms with E-state index in [-0.39, 0.29) is 0 Å². The summed E-state index contributed by atoms with van der Waals surface area (Å²) in [7, 11) is 3.95. The molecule has 0 aliphatic rings. The first-order valence-corrected chi connectivity index (χ1v) is 10.9. The molecule has 0 saturated carbocycles. The van der Waals surface area contributed by atoms with Gasteiger partial charge in [0.05, 0.1) is 0 Å². The maximum absolute atomic E-state index is 13.8. The fraction of sp³-hybridized carbons (Fsp3) is 0.0909. The van der Waals surface area contributed by atoms with Gasteiger partial charge in [0, 0.05) is 0 Å². The van der Waals surface area contributed by atoms with Crippen LogP contribution in [0.25, 0.3) is 22.3 Å². The van der Waals surface area contributed by atoms with Gasteiger partial charge in [0.1, 0.15) is 0 Å². The molecule has 2 aromatic heterocycles. The number of aryl methyl sites for hydroxylation is 2. The van der Waals surface area contributed by atoms with Gasteiger partial charge in [-0.25, -0.2) is 0 Å². The summed E-state index contributed by atoms with van der Waals surface area (Å²) in [6.45, 7) is 0. The van der Waals surface area contributed by atoms with Crippen LogP contribution in [0, 0.1) is 0 Å². The van der Waals surface area contributed by atoms with Gasteiger partial charge in [-0.1, -0.05) is 0 Å². The van der Waals surface area contributed by atoms with E-state index in [0.29, 0.717) is 0 Å². The molecular weight excluding hydrogens is 387 g/mol. The average Bonchev–Trinajstić information content (AvgIpc) is 3.25. The molecule has 0 aliphatic heterocycles. The summed E-state index contributed by atoms with van der Waals surface area (Å²) >= 11 is -2.48. The quantitative estimate of drug-likeness (QED) is 0.477. The molecule has 4 heteroatoms. The molecule has 3 nitrogen and oxygen atoms in total. The standard InChI is InChI=1S/C22H20N2OSe/c1-23-15-13-19(17-9-5-3-6-10-17)21(23)26(25)22-20(14-16-24(22)2)18-11-7-4-8-12-18/h3-16H,1-2H3. The van der Waals surface area contributed by atoms with Crippen LogP contribution in [-0.4, -0.2) is 23.0 Å². The van der Waals surface area contributed by atoms with Crippen molar-refractivity contribution < 1.29 is 3.83 Å². The summed E-state index contributed by atoms with van der Waals surface area (Å²) in [6.07, 6.45) is 3.99. The van der Waals surface area contributed by atoms with Gasteiger partial charge in [-0.15, -0.1) is 0 Å². The molecule has 4 rings (SSSR count). The molecule has 2 heterocycles. The van der Waals surface area contributed by atoms with Gasteiger partial charge >= 0.3 is 158 Å². The Morgan fingerprint density at radius 1 is 0.615 bits per heavy atom. The van der Waals surface area contributed by atoms with Crippen molar-refractivity contribution in [2.45, 2.75) is 0 Å². The molecule has 0 fully saturated rings. The van der Waals surface area contributed by atoms with Crippen molar-refractivity contribution in [1.82, 2.24) is 9.13 Å². The van der Waals surface area contributed by atoms with Crippen LogP contribution in [0.15, 0.2) is 85.2 Å². The third-order valence-corrected chi connectivity index (χ3v) is 8.16. The summed E-state index contributed by atoms with van der Waals surface area (Å²) in [5, 5.41) is 0. The zero-order valence-corrected chi connectivity index (χ0v) is 16.5. The van der Waals surface area contributed by atoms with E-state index in [1.54, 1.807) is 0 Å². The fourth-order valence-corrected chi connectivity index (χ4v) is 6.61. The van der Waals surface area contributed by atoms with Crippen molar-refractivity contribution >= 4 is 23.0 Å². The fourth-order valence-electron chi connectivity index (χ4n) is 3.26. The number of aromatic nitrogens is 2. The summed E-state index contributed by atoms with van der Waals surface area (Å²) in [4.78, 5) is 0. The van der Waals surface area contributed by atoms with Crippen molar-refractivity contribution in [3.8, 4) is 22.3 Å². The van der Waals surface area contributed by atoms with Crippen LogP contribution in [0.4, 0.5) is 0 Å². The van der Waals surface area contributed by atoms with Crippen LogP contribution < -0.4 is 9.18 Å². The zero-order valence-electron chi connectivity index (χ0n) is 14.8. The van der Waals surface area contributed by atoms with E-state index in [4.69, 9.17) is 0 Å². The van der Waals surface area contributed by atoms with E-state index in [1.807, 2.05) is 72.0 Å². The SMILES string of the molecule is Cn1ccc(-c2ccccc2)c1[Se](=O)c1c(-c2ccccc2)ccn1C. The van der Waals surface area contributed by atoms with Gasteiger partial charge in [0.15, 0.2) is 0 Å². The number of rotatable bonds is 4. The van der Waals surface area contributed by atoms with Gasteiger partial charge in [0.25, 0.3) is 0 Å². The first-order chi connectivity index (χ1) is 12.7. The molecule has 0 atom stereocenters. The van der Waals surface area contributed by atoms with E-state index in [9.17, 15) is 3.83 Å². The van der Waals surface area contributed by atoms with Gasteiger partial charge in [-0.05, 0) is 0 Å². The number of hydrogen-bond donors (Lipinski definition) is 0. The molecule has 0 spiro atoms. The predicted molar refractivity (Wildman–Crippen MR) is 107 cm³/mol. The maximum atomic E-state index is 13.8. The van der Waals surface area contributed by atoms with E-state index >= 15 is 0 Å². The Balaban J connectivity index is 1.87. The summed E-state index contributed by atoms with van der Waals surface area (Å²) in [6, 6.07) is 24.5. The van der Waals surface area contributed by atoms with Crippen LogP contribution in [0.5, 0.6) is 0 Å². The Labute approximate surface area is 157 Å².